The summed E-state index contributed by atoms with van der Waals surface area (Å²) in [4.78, 5) is 12.3. The quantitative estimate of drug-likeness (QED) is 0.484. The molecule has 3 rings (SSSR count). The lowest BCUT2D eigenvalue weighted by atomic mass is 10.1. The minimum atomic E-state index is -2.94. The van der Waals surface area contributed by atoms with Gasteiger partial charge in [-0.05, 0) is 56.7 Å². The second kappa shape index (κ2) is 10.6. The SMILES string of the molecule is CCOc1cc(/C=C/C(=O)NCc2c(C)nn(-c3ccccc3)c2C)ccc1OC(F)F. The van der Waals surface area contributed by atoms with E-state index in [0.717, 1.165) is 22.6 Å². The number of carbonyl (C=O) groups is 1. The van der Waals surface area contributed by atoms with E-state index in [1.54, 1.807) is 25.1 Å². The molecule has 0 atom stereocenters. The first-order chi connectivity index (χ1) is 15.4. The molecule has 1 heterocycles. The van der Waals surface area contributed by atoms with Gasteiger partial charge in [0.05, 0.1) is 18.0 Å². The highest BCUT2D eigenvalue weighted by Gasteiger charge is 2.13. The second-order valence-electron chi connectivity index (χ2n) is 6.97. The van der Waals surface area contributed by atoms with Crippen LogP contribution in [-0.2, 0) is 11.3 Å². The highest BCUT2D eigenvalue weighted by atomic mass is 19.3. The number of para-hydroxylation sites is 1. The predicted molar refractivity (Wildman–Crippen MR) is 118 cm³/mol. The topological polar surface area (TPSA) is 65.4 Å². The number of hydrogen-bond donors (Lipinski definition) is 1. The van der Waals surface area contributed by atoms with Crippen LogP contribution in [-0.4, -0.2) is 28.9 Å². The molecule has 1 aromatic heterocycles. The molecule has 3 aromatic rings. The maximum Gasteiger partial charge on any atom is 0.387 e. The monoisotopic (exact) mass is 441 g/mol. The molecule has 8 heteroatoms. The number of alkyl halides is 2. The molecule has 0 saturated heterocycles. The molecule has 0 spiro atoms. The van der Waals surface area contributed by atoms with E-state index >= 15 is 0 Å². The molecular formula is C24H25F2N3O3. The Bertz CT molecular complexity index is 1100. The molecule has 6 nitrogen and oxygen atoms in total. The molecule has 0 aliphatic rings. The molecule has 0 fully saturated rings. The van der Waals surface area contributed by atoms with Crippen molar-refractivity contribution in [1.82, 2.24) is 15.1 Å². The summed E-state index contributed by atoms with van der Waals surface area (Å²) >= 11 is 0. The molecule has 168 valence electrons. The summed E-state index contributed by atoms with van der Waals surface area (Å²) in [5.74, 6) is -0.151. The average Bonchev–Trinajstić information content (AvgIpc) is 3.06. The first-order valence-electron chi connectivity index (χ1n) is 10.2. The van der Waals surface area contributed by atoms with Crippen LogP contribution in [0.3, 0.4) is 0 Å². The van der Waals surface area contributed by atoms with Crippen LogP contribution >= 0.6 is 0 Å². The number of aromatic nitrogens is 2. The summed E-state index contributed by atoms with van der Waals surface area (Å²) in [5, 5.41) is 7.43. The van der Waals surface area contributed by atoms with Crippen molar-refractivity contribution in [3.63, 3.8) is 0 Å². The molecule has 0 unspecified atom stereocenters. The zero-order chi connectivity index (χ0) is 23.1. The average molecular weight is 441 g/mol. The summed E-state index contributed by atoms with van der Waals surface area (Å²) in [5.41, 5.74) is 4.31. The molecule has 0 bridgehead atoms. The van der Waals surface area contributed by atoms with Crippen molar-refractivity contribution in [2.45, 2.75) is 33.9 Å². The van der Waals surface area contributed by atoms with Crippen molar-refractivity contribution in [2.24, 2.45) is 0 Å². The Labute approximate surface area is 185 Å². The van der Waals surface area contributed by atoms with E-state index in [1.165, 1.54) is 12.1 Å². The lowest BCUT2D eigenvalue weighted by Gasteiger charge is -2.11. The number of hydrogen-bond acceptors (Lipinski definition) is 4. The Kier molecular flexibility index (Phi) is 7.59. The van der Waals surface area contributed by atoms with Crippen LogP contribution in [0, 0.1) is 13.8 Å². The van der Waals surface area contributed by atoms with Gasteiger partial charge in [0.1, 0.15) is 0 Å². The number of halogens is 2. The number of amides is 1. The van der Waals surface area contributed by atoms with Gasteiger partial charge in [0.25, 0.3) is 0 Å². The van der Waals surface area contributed by atoms with Gasteiger partial charge in [-0.25, -0.2) is 4.68 Å². The molecule has 0 aliphatic heterocycles. The number of rotatable bonds is 9. The van der Waals surface area contributed by atoms with E-state index in [2.05, 4.69) is 15.2 Å². The number of carbonyl (C=O) groups excluding carboxylic acids is 1. The molecule has 0 saturated carbocycles. The first-order valence-corrected chi connectivity index (χ1v) is 10.2. The van der Waals surface area contributed by atoms with E-state index in [1.807, 2.05) is 48.9 Å². The maximum absolute atomic E-state index is 12.5. The summed E-state index contributed by atoms with van der Waals surface area (Å²) in [6, 6.07) is 14.3. The Morgan fingerprint density at radius 3 is 2.59 bits per heavy atom. The molecular weight excluding hydrogens is 416 g/mol. The molecule has 0 aliphatic carbocycles. The number of benzene rings is 2. The molecule has 32 heavy (non-hydrogen) atoms. The van der Waals surface area contributed by atoms with E-state index in [-0.39, 0.29) is 17.4 Å². The van der Waals surface area contributed by atoms with Gasteiger partial charge in [0.2, 0.25) is 5.91 Å². The van der Waals surface area contributed by atoms with Gasteiger partial charge in [0.15, 0.2) is 11.5 Å². The predicted octanol–water partition coefficient (Wildman–Crippen LogP) is 4.82. The van der Waals surface area contributed by atoms with Crippen LogP contribution in [0.15, 0.2) is 54.6 Å². The summed E-state index contributed by atoms with van der Waals surface area (Å²) in [6.45, 7) is 3.29. The molecule has 0 radical (unpaired) electrons. The minimum Gasteiger partial charge on any atom is -0.490 e. The van der Waals surface area contributed by atoms with Gasteiger partial charge in [-0.2, -0.15) is 13.9 Å². The maximum atomic E-state index is 12.5. The lowest BCUT2D eigenvalue weighted by molar-refractivity contribution is -0.116. The van der Waals surface area contributed by atoms with Crippen LogP contribution in [0.2, 0.25) is 0 Å². The van der Waals surface area contributed by atoms with Crippen LogP contribution in [0.5, 0.6) is 11.5 Å². The fourth-order valence-corrected chi connectivity index (χ4v) is 3.25. The number of nitrogens with zero attached hydrogens (tertiary/aromatic N) is 2. The molecule has 1 amide bonds. The lowest BCUT2D eigenvalue weighted by Crippen LogP contribution is -2.21. The zero-order valence-electron chi connectivity index (χ0n) is 18.1. The van der Waals surface area contributed by atoms with Gasteiger partial charge >= 0.3 is 6.61 Å². The highest BCUT2D eigenvalue weighted by molar-refractivity contribution is 5.91. The van der Waals surface area contributed by atoms with Gasteiger partial charge in [-0.1, -0.05) is 24.3 Å². The highest BCUT2D eigenvalue weighted by Crippen LogP contribution is 2.30. The third-order valence-corrected chi connectivity index (χ3v) is 4.79. The van der Waals surface area contributed by atoms with Crippen LogP contribution in [0.25, 0.3) is 11.8 Å². The van der Waals surface area contributed by atoms with E-state index in [0.29, 0.717) is 18.7 Å². The smallest absolute Gasteiger partial charge is 0.387 e. The largest absolute Gasteiger partial charge is 0.490 e. The van der Waals surface area contributed by atoms with Crippen molar-refractivity contribution in [3.8, 4) is 17.2 Å². The third kappa shape index (κ3) is 5.72. The van der Waals surface area contributed by atoms with Crippen molar-refractivity contribution in [2.75, 3.05) is 6.61 Å². The Balaban J connectivity index is 1.66. The number of aryl methyl sites for hydroxylation is 1. The standard InChI is InChI=1S/C24H25F2N3O3/c1-4-31-22-14-18(10-12-21(22)32-24(25)26)11-13-23(30)27-15-20-16(2)28-29(17(20)3)19-8-6-5-7-9-19/h5-14,24H,4,15H2,1-3H3,(H,27,30)/b13-11+. The minimum absolute atomic E-state index is 0.0511. The fourth-order valence-electron chi connectivity index (χ4n) is 3.25. The summed E-state index contributed by atoms with van der Waals surface area (Å²) in [6.07, 6.45) is 2.96. The van der Waals surface area contributed by atoms with Gasteiger partial charge < -0.3 is 14.8 Å². The Morgan fingerprint density at radius 1 is 1.16 bits per heavy atom. The van der Waals surface area contributed by atoms with Crippen LogP contribution in [0.4, 0.5) is 8.78 Å². The van der Waals surface area contributed by atoms with E-state index in [9.17, 15) is 13.6 Å². The van der Waals surface area contributed by atoms with Crippen molar-refractivity contribution < 1.29 is 23.0 Å². The van der Waals surface area contributed by atoms with E-state index in [4.69, 9.17) is 4.74 Å². The fraction of sp³-hybridized carbons (Fsp3) is 0.250. The molecule has 2 aromatic carbocycles. The number of ether oxygens (including phenoxy) is 2. The Morgan fingerprint density at radius 2 is 1.91 bits per heavy atom. The van der Waals surface area contributed by atoms with Gasteiger partial charge in [-0.15, -0.1) is 0 Å². The van der Waals surface area contributed by atoms with Gasteiger partial charge in [-0.3, -0.25) is 4.79 Å². The summed E-state index contributed by atoms with van der Waals surface area (Å²) in [7, 11) is 0. The van der Waals surface area contributed by atoms with E-state index < -0.39 is 6.61 Å². The van der Waals surface area contributed by atoms with Crippen molar-refractivity contribution in [3.05, 3.63) is 77.1 Å². The zero-order valence-corrected chi connectivity index (χ0v) is 18.1. The molecule has 1 N–H and O–H groups in total. The second-order valence-corrected chi connectivity index (χ2v) is 6.97. The summed E-state index contributed by atoms with van der Waals surface area (Å²) < 4.78 is 36.7. The van der Waals surface area contributed by atoms with Crippen LogP contribution in [0.1, 0.15) is 29.4 Å². The van der Waals surface area contributed by atoms with Gasteiger partial charge in [0, 0.05) is 23.9 Å². The number of nitrogens with one attached hydrogen (secondary N) is 1. The first kappa shape index (κ1) is 23.0. The Hall–Kier alpha value is -3.68. The van der Waals surface area contributed by atoms with Crippen LogP contribution < -0.4 is 14.8 Å². The normalized spacial score (nSPS) is 11.2. The van der Waals surface area contributed by atoms with Crippen molar-refractivity contribution in [1.29, 1.82) is 0 Å². The van der Waals surface area contributed by atoms with Crippen molar-refractivity contribution >= 4 is 12.0 Å². The third-order valence-electron chi connectivity index (χ3n) is 4.79.